The summed E-state index contributed by atoms with van der Waals surface area (Å²) in [5.41, 5.74) is 0.878. The Kier molecular flexibility index (Phi) is 4.77. The smallest absolute Gasteiger partial charge is 0.350 e. The summed E-state index contributed by atoms with van der Waals surface area (Å²) < 4.78 is 4.78. The van der Waals surface area contributed by atoms with Crippen LogP contribution in [0.3, 0.4) is 0 Å². The minimum atomic E-state index is -0.599. The van der Waals surface area contributed by atoms with Crippen LogP contribution >= 0.6 is 0 Å². The maximum Gasteiger partial charge on any atom is 0.350 e. The molecule has 0 fully saturated rings. The molecule has 0 spiro atoms. The molecular weight excluding hydrogens is 216 g/mol. The first-order valence-electron chi connectivity index (χ1n) is 5.26. The second-order valence-electron chi connectivity index (χ2n) is 3.32. The Hall–Kier alpha value is -2.28. The van der Waals surface area contributed by atoms with Gasteiger partial charge in [-0.3, -0.25) is 0 Å². The van der Waals surface area contributed by atoms with Crippen molar-refractivity contribution in [2.75, 3.05) is 18.6 Å². The monoisotopic (exact) mass is 230 g/mol. The maximum absolute atomic E-state index is 11.4. The molecule has 0 aliphatic heterocycles. The molecule has 0 saturated carbocycles. The van der Waals surface area contributed by atoms with E-state index >= 15 is 0 Å². The van der Waals surface area contributed by atoms with Crippen LogP contribution in [0.4, 0.5) is 5.69 Å². The highest BCUT2D eigenvalue weighted by atomic mass is 16.5. The Labute approximate surface area is 101 Å². The standard InChI is InChI=1S/C13H14N2O2/c1-3-17-13(16)11(9-14)10-15(2)12-7-5-4-6-8-12/h4-8,10H,3H2,1-2H3/b11-10-. The minimum absolute atomic E-state index is 0.0156. The van der Waals surface area contributed by atoms with Crippen molar-refractivity contribution in [2.45, 2.75) is 6.92 Å². The van der Waals surface area contributed by atoms with Crippen LogP contribution in [0.5, 0.6) is 0 Å². The second kappa shape index (κ2) is 6.33. The maximum atomic E-state index is 11.4. The lowest BCUT2D eigenvalue weighted by atomic mass is 10.3. The van der Waals surface area contributed by atoms with E-state index in [-0.39, 0.29) is 12.2 Å². The lowest BCUT2D eigenvalue weighted by Gasteiger charge is -2.14. The molecule has 0 heterocycles. The quantitative estimate of drug-likeness (QED) is 0.451. The third kappa shape index (κ3) is 3.65. The molecule has 0 saturated heterocycles. The molecule has 4 heteroatoms. The third-order valence-corrected chi connectivity index (χ3v) is 2.10. The Balaban J connectivity index is 2.86. The van der Waals surface area contributed by atoms with Gasteiger partial charge in [-0.1, -0.05) is 18.2 Å². The van der Waals surface area contributed by atoms with Crippen molar-refractivity contribution < 1.29 is 9.53 Å². The van der Waals surface area contributed by atoms with Gasteiger partial charge in [-0.05, 0) is 19.1 Å². The van der Waals surface area contributed by atoms with Gasteiger partial charge in [-0.25, -0.2) is 4.79 Å². The molecule has 1 aromatic carbocycles. The van der Waals surface area contributed by atoms with Crippen LogP contribution in [-0.4, -0.2) is 19.6 Å². The zero-order chi connectivity index (χ0) is 12.7. The number of benzene rings is 1. The van der Waals surface area contributed by atoms with Crippen LogP contribution in [-0.2, 0) is 9.53 Å². The molecule has 0 aromatic heterocycles. The number of nitrogens with zero attached hydrogens (tertiary/aromatic N) is 2. The van der Waals surface area contributed by atoms with E-state index in [2.05, 4.69) is 0 Å². The van der Waals surface area contributed by atoms with Gasteiger partial charge in [-0.15, -0.1) is 0 Å². The predicted octanol–water partition coefficient (Wildman–Crippen LogP) is 2.09. The summed E-state index contributed by atoms with van der Waals surface area (Å²) in [7, 11) is 1.77. The number of para-hydroxylation sites is 1. The fourth-order valence-corrected chi connectivity index (χ4v) is 1.27. The molecule has 1 aromatic rings. The van der Waals surface area contributed by atoms with Crippen molar-refractivity contribution in [3.8, 4) is 6.07 Å². The van der Waals surface area contributed by atoms with Gasteiger partial charge in [0.05, 0.1) is 6.61 Å². The van der Waals surface area contributed by atoms with Gasteiger partial charge in [0.1, 0.15) is 6.07 Å². The van der Waals surface area contributed by atoms with Crippen molar-refractivity contribution in [3.63, 3.8) is 0 Å². The Morgan fingerprint density at radius 1 is 1.47 bits per heavy atom. The van der Waals surface area contributed by atoms with E-state index in [1.54, 1.807) is 18.9 Å². The van der Waals surface area contributed by atoms with Crippen molar-refractivity contribution in [2.24, 2.45) is 0 Å². The molecule has 0 amide bonds. The van der Waals surface area contributed by atoms with Crippen molar-refractivity contribution in [1.29, 1.82) is 5.26 Å². The second-order valence-corrected chi connectivity index (χ2v) is 3.32. The lowest BCUT2D eigenvalue weighted by Crippen LogP contribution is -2.14. The van der Waals surface area contributed by atoms with Crippen LogP contribution in [0.15, 0.2) is 42.1 Å². The number of carbonyl (C=O) groups excluding carboxylic acids is 1. The summed E-state index contributed by atoms with van der Waals surface area (Å²) in [6.07, 6.45) is 1.47. The van der Waals surface area contributed by atoms with E-state index in [1.807, 2.05) is 36.4 Å². The zero-order valence-corrected chi connectivity index (χ0v) is 9.88. The van der Waals surface area contributed by atoms with Crippen LogP contribution in [0.1, 0.15) is 6.92 Å². The summed E-state index contributed by atoms with van der Waals surface area (Å²) in [5, 5.41) is 8.87. The number of hydrogen-bond donors (Lipinski definition) is 0. The molecule has 0 radical (unpaired) electrons. The Bertz CT molecular complexity index is 446. The van der Waals surface area contributed by atoms with E-state index in [0.29, 0.717) is 0 Å². The highest BCUT2D eigenvalue weighted by Crippen LogP contribution is 2.12. The number of carbonyl (C=O) groups is 1. The van der Waals surface area contributed by atoms with E-state index in [9.17, 15) is 4.79 Å². The van der Waals surface area contributed by atoms with E-state index in [0.717, 1.165) is 5.69 Å². The highest BCUT2D eigenvalue weighted by molar-refractivity contribution is 5.93. The molecule has 0 bridgehead atoms. The summed E-state index contributed by atoms with van der Waals surface area (Å²) >= 11 is 0. The number of ether oxygens (including phenoxy) is 1. The zero-order valence-electron chi connectivity index (χ0n) is 9.88. The SMILES string of the molecule is CCOC(=O)/C(C#N)=C\N(C)c1ccccc1. The van der Waals surface area contributed by atoms with Crippen LogP contribution < -0.4 is 4.90 Å². The van der Waals surface area contributed by atoms with Gasteiger partial charge in [0.15, 0.2) is 5.57 Å². The van der Waals surface area contributed by atoms with Crippen molar-refractivity contribution in [1.82, 2.24) is 0 Å². The summed E-state index contributed by atoms with van der Waals surface area (Å²) in [6.45, 7) is 1.96. The number of anilines is 1. The number of hydrogen-bond acceptors (Lipinski definition) is 4. The highest BCUT2D eigenvalue weighted by Gasteiger charge is 2.10. The van der Waals surface area contributed by atoms with Crippen LogP contribution in [0.25, 0.3) is 0 Å². The number of nitriles is 1. The predicted molar refractivity (Wildman–Crippen MR) is 65.2 cm³/mol. The molecule has 0 atom stereocenters. The minimum Gasteiger partial charge on any atom is -0.462 e. The normalized spacial score (nSPS) is 10.5. The van der Waals surface area contributed by atoms with Crippen LogP contribution in [0, 0.1) is 11.3 Å². The largest absolute Gasteiger partial charge is 0.462 e. The summed E-state index contributed by atoms with van der Waals surface area (Å²) in [6, 6.07) is 11.3. The van der Waals surface area contributed by atoms with E-state index < -0.39 is 5.97 Å². The molecule has 0 N–H and O–H groups in total. The molecule has 0 aliphatic carbocycles. The number of esters is 1. The van der Waals surface area contributed by atoms with E-state index in [4.69, 9.17) is 10.00 Å². The van der Waals surface area contributed by atoms with Gasteiger partial charge in [0.2, 0.25) is 0 Å². The Morgan fingerprint density at radius 3 is 2.65 bits per heavy atom. The van der Waals surface area contributed by atoms with Gasteiger partial charge in [0, 0.05) is 18.9 Å². The Morgan fingerprint density at radius 2 is 2.12 bits per heavy atom. The first-order chi connectivity index (χ1) is 8.19. The van der Waals surface area contributed by atoms with Crippen molar-refractivity contribution in [3.05, 3.63) is 42.1 Å². The number of rotatable bonds is 4. The summed E-state index contributed by atoms with van der Waals surface area (Å²) in [4.78, 5) is 13.1. The van der Waals surface area contributed by atoms with E-state index in [1.165, 1.54) is 6.20 Å². The first kappa shape index (κ1) is 12.8. The van der Waals surface area contributed by atoms with Gasteiger partial charge in [-0.2, -0.15) is 5.26 Å². The molecule has 88 valence electrons. The average molecular weight is 230 g/mol. The van der Waals surface area contributed by atoms with Crippen LogP contribution in [0.2, 0.25) is 0 Å². The van der Waals surface area contributed by atoms with Crippen molar-refractivity contribution >= 4 is 11.7 Å². The third-order valence-electron chi connectivity index (χ3n) is 2.10. The topological polar surface area (TPSA) is 53.3 Å². The molecule has 0 unspecified atom stereocenters. The first-order valence-corrected chi connectivity index (χ1v) is 5.26. The molecule has 0 aliphatic rings. The lowest BCUT2D eigenvalue weighted by molar-refractivity contribution is -0.138. The fraction of sp³-hybridized carbons (Fsp3) is 0.231. The molecule has 4 nitrogen and oxygen atoms in total. The van der Waals surface area contributed by atoms with Gasteiger partial charge in [0.25, 0.3) is 0 Å². The molecule has 1 rings (SSSR count). The fourth-order valence-electron chi connectivity index (χ4n) is 1.27. The summed E-state index contributed by atoms with van der Waals surface area (Å²) in [5.74, 6) is -0.599. The van der Waals surface area contributed by atoms with Gasteiger partial charge >= 0.3 is 5.97 Å². The van der Waals surface area contributed by atoms with Gasteiger partial charge < -0.3 is 9.64 Å². The molecule has 17 heavy (non-hydrogen) atoms. The molecular formula is C13H14N2O2. The average Bonchev–Trinajstić information content (AvgIpc) is 2.37.